The molecule has 1 N–H and O–H groups in total. The Bertz CT molecular complexity index is 686. The van der Waals surface area contributed by atoms with Gasteiger partial charge in [0.15, 0.2) is 0 Å². The highest BCUT2D eigenvalue weighted by atomic mass is 79.9. The molecule has 0 atom stereocenters. The van der Waals surface area contributed by atoms with Crippen LogP contribution < -0.4 is 0 Å². The fourth-order valence-electron chi connectivity index (χ4n) is 2.21. The van der Waals surface area contributed by atoms with Crippen molar-refractivity contribution in [3.8, 4) is 11.3 Å². The van der Waals surface area contributed by atoms with Crippen molar-refractivity contribution in [1.82, 2.24) is 4.98 Å². The Hall–Kier alpha value is -1.54. The van der Waals surface area contributed by atoms with Crippen LogP contribution in [-0.2, 0) is 0 Å². The van der Waals surface area contributed by atoms with Gasteiger partial charge in [-0.05, 0) is 60.9 Å². The van der Waals surface area contributed by atoms with Crippen LogP contribution in [0.3, 0.4) is 0 Å². The first-order valence-corrected chi connectivity index (χ1v) is 6.79. The van der Waals surface area contributed by atoms with Crippen molar-refractivity contribution in [2.45, 2.75) is 13.8 Å². The minimum atomic E-state index is 1.10. The van der Waals surface area contributed by atoms with E-state index in [0.717, 1.165) is 10.2 Å². The lowest BCUT2D eigenvalue weighted by molar-refractivity contribution is 1.35. The van der Waals surface area contributed by atoms with E-state index in [9.17, 15) is 0 Å². The predicted molar refractivity (Wildman–Crippen MR) is 80.9 cm³/mol. The Morgan fingerprint density at radius 1 is 0.944 bits per heavy atom. The molecule has 0 saturated carbocycles. The first-order valence-electron chi connectivity index (χ1n) is 5.99. The minimum absolute atomic E-state index is 1.10. The van der Waals surface area contributed by atoms with Gasteiger partial charge in [0.25, 0.3) is 0 Å². The first kappa shape index (κ1) is 11.5. The van der Waals surface area contributed by atoms with E-state index >= 15 is 0 Å². The Morgan fingerprint density at radius 3 is 2.50 bits per heavy atom. The van der Waals surface area contributed by atoms with E-state index in [1.165, 1.54) is 27.6 Å². The lowest BCUT2D eigenvalue weighted by Crippen LogP contribution is -1.79. The Balaban J connectivity index is 2.19. The highest BCUT2D eigenvalue weighted by molar-refractivity contribution is 9.10. The summed E-state index contributed by atoms with van der Waals surface area (Å²) >= 11 is 3.51. The second kappa shape index (κ2) is 4.29. The smallest absolute Gasteiger partial charge is 0.0465 e. The molecular formula is C16H14BrN. The first-order chi connectivity index (χ1) is 8.63. The van der Waals surface area contributed by atoms with Crippen molar-refractivity contribution < 1.29 is 0 Å². The number of nitrogens with one attached hydrogen (secondary N) is 1. The SMILES string of the molecule is Cc1cc2cc(-c3cccc(Br)c3)[nH]c2cc1C. The zero-order valence-corrected chi connectivity index (χ0v) is 12.0. The molecule has 0 bridgehead atoms. The van der Waals surface area contributed by atoms with Crippen LogP contribution in [0, 0.1) is 13.8 Å². The van der Waals surface area contributed by atoms with Crippen molar-refractivity contribution in [1.29, 1.82) is 0 Å². The van der Waals surface area contributed by atoms with Gasteiger partial charge in [0.2, 0.25) is 0 Å². The minimum Gasteiger partial charge on any atom is -0.355 e. The van der Waals surface area contributed by atoms with Crippen LogP contribution in [0.5, 0.6) is 0 Å². The third-order valence-corrected chi connectivity index (χ3v) is 3.86. The molecule has 3 aromatic rings. The lowest BCUT2D eigenvalue weighted by atomic mass is 10.1. The normalized spacial score (nSPS) is 11.1. The zero-order valence-electron chi connectivity index (χ0n) is 10.4. The van der Waals surface area contributed by atoms with Gasteiger partial charge in [-0.15, -0.1) is 0 Å². The van der Waals surface area contributed by atoms with Gasteiger partial charge >= 0.3 is 0 Å². The molecule has 0 unspecified atom stereocenters. The largest absolute Gasteiger partial charge is 0.355 e. The van der Waals surface area contributed by atoms with E-state index in [4.69, 9.17) is 0 Å². The molecule has 1 heterocycles. The summed E-state index contributed by atoms with van der Waals surface area (Å²) in [7, 11) is 0. The summed E-state index contributed by atoms with van der Waals surface area (Å²) in [5.41, 5.74) is 6.23. The van der Waals surface area contributed by atoms with E-state index in [0.29, 0.717) is 0 Å². The molecule has 2 heteroatoms. The summed E-state index contributed by atoms with van der Waals surface area (Å²) in [5, 5.41) is 1.27. The fourth-order valence-corrected chi connectivity index (χ4v) is 2.61. The highest BCUT2D eigenvalue weighted by Crippen LogP contribution is 2.27. The number of aryl methyl sites for hydroxylation is 2. The molecule has 0 fully saturated rings. The Labute approximate surface area is 115 Å². The molecule has 0 aliphatic rings. The fraction of sp³-hybridized carbons (Fsp3) is 0.125. The van der Waals surface area contributed by atoms with Crippen molar-refractivity contribution in [2.24, 2.45) is 0 Å². The van der Waals surface area contributed by atoms with E-state index in [1.807, 2.05) is 6.07 Å². The Morgan fingerprint density at radius 2 is 1.72 bits per heavy atom. The van der Waals surface area contributed by atoms with Crippen LogP contribution in [0.15, 0.2) is 46.9 Å². The maximum atomic E-state index is 3.51. The number of rotatable bonds is 1. The highest BCUT2D eigenvalue weighted by Gasteiger charge is 2.05. The molecule has 2 aromatic carbocycles. The van der Waals surface area contributed by atoms with Gasteiger partial charge in [-0.1, -0.05) is 28.1 Å². The number of hydrogen-bond donors (Lipinski definition) is 1. The van der Waals surface area contributed by atoms with Crippen molar-refractivity contribution in [2.75, 3.05) is 0 Å². The topological polar surface area (TPSA) is 15.8 Å². The summed E-state index contributed by atoms with van der Waals surface area (Å²) in [4.78, 5) is 3.49. The van der Waals surface area contributed by atoms with Crippen molar-refractivity contribution in [3.05, 3.63) is 58.1 Å². The number of halogens is 1. The van der Waals surface area contributed by atoms with Gasteiger partial charge in [0.05, 0.1) is 0 Å². The number of hydrogen-bond acceptors (Lipinski definition) is 0. The third-order valence-electron chi connectivity index (χ3n) is 3.37. The average Bonchev–Trinajstić information content (AvgIpc) is 2.73. The van der Waals surface area contributed by atoms with Crippen LogP contribution in [0.25, 0.3) is 22.2 Å². The quantitative estimate of drug-likeness (QED) is 0.634. The van der Waals surface area contributed by atoms with E-state index in [1.54, 1.807) is 0 Å². The number of H-pyrrole nitrogens is 1. The monoisotopic (exact) mass is 299 g/mol. The molecule has 0 radical (unpaired) electrons. The standard InChI is InChI=1S/C16H14BrN/c1-10-6-13-9-16(18-15(13)7-11(10)2)12-4-3-5-14(17)8-12/h3-9,18H,1-2H3. The summed E-state index contributed by atoms with van der Waals surface area (Å²) < 4.78 is 1.10. The molecule has 0 saturated heterocycles. The third kappa shape index (κ3) is 1.97. The molecule has 3 rings (SSSR count). The van der Waals surface area contributed by atoms with Crippen LogP contribution in [-0.4, -0.2) is 4.98 Å². The molecule has 0 amide bonds. The Kier molecular flexibility index (Phi) is 2.75. The van der Waals surface area contributed by atoms with Gasteiger partial charge in [0.1, 0.15) is 0 Å². The van der Waals surface area contributed by atoms with E-state index < -0.39 is 0 Å². The van der Waals surface area contributed by atoms with Crippen molar-refractivity contribution >= 4 is 26.8 Å². The maximum Gasteiger partial charge on any atom is 0.0465 e. The number of aromatic amines is 1. The number of aromatic nitrogens is 1. The van der Waals surface area contributed by atoms with E-state index in [-0.39, 0.29) is 0 Å². The second-order valence-corrected chi connectivity index (χ2v) is 5.63. The van der Waals surface area contributed by atoms with Crippen LogP contribution in [0.2, 0.25) is 0 Å². The maximum absolute atomic E-state index is 3.51. The molecule has 1 aromatic heterocycles. The molecule has 90 valence electrons. The molecule has 0 aliphatic carbocycles. The van der Waals surface area contributed by atoms with Gasteiger partial charge in [-0.2, -0.15) is 0 Å². The van der Waals surface area contributed by atoms with Gasteiger partial charge in [-0.3, -0.25) is 0 Å². The predicted octanol–water partition coefficient (Wildman–Crippen LogP) is 5.21. The zero-order chi connectivity index (χ0) is 12.7. The summed E-state index contributed by atoms with van der Waals surface area (Å²) in [6.45, 7) is 4.30. The van der Waals surface area contributed by atoms with Gasteiger partial charge in [-0.25, -0.2) is 0 Å². The lowest BCUT2D eigenvalue weighted by Gasteiger charge is -1.99. The molecule has 1 nitrogen and oxygen atoms in total. The average molecular weight is 300 g/mol. The van der Waals surface area contributed by atoms with E-state index in [2.05, 4.69) is 71.2 Å². The molecular weight excluding hydrogens is 286 g/mol. The van der Waals surface area contributed by atoms with Gasteiger partial charge in [0, 0.05) is 21.1 Å². The summed E-state index contributed by atoms with van der Waals surface area (Å²) in [6.07, 6.45) is 0. The number of fused-ring (bicyclic) bond motifs is 1. The molecule has 18 heavy (non-hydrogen) atoms. The second-order valence-electron chi connectivity index (χ2n) is 4.72. The number of benzene rings is 2. The van der Waals surface area contributed by atoms with Crippen molar-refractivity contribution in [3.63, 3.8) is 0 Å². The summed E-state index contributed by atoms with van der Waals surface area (Å²) in [6, 6.07) is 15.0. The van der Waals surface area contributed by atoms with Crippen LogP contribution in [0.4, 0.5) is 0 Å². The molecule has 0 aliphatic heterocycles. The summed E-state index contributed by atoms with van der Waals surface area (Å²) in [5.74, 6) is 0. The van der Waals surface area contributed by atoms with Crippen LogP contribution >= 0.6 is 15.9 Å². The molecule has 0 spiro atoms. The van der Waals surface area contributed by atoms with Crippen LogP contribution in [0.1, 0.15) is 11.1 Å². The van der Waals surface area contributed by atoms with Gasteiger partial charge < -0.3 is 4.98 Å².